The average molecular weight is 260 g/mol. The highest BCUT2D eigenvalue weighted by molar-refractivity contribution is 6.18. The predicted octanol–water partition coefficient (Wildman–Crippen LogP) is 1.74. The second-order valence-electron chi connectivity index (χ2n) is 3.68. The molecule has 1 aromatic rings. The second kappa shape index (κ2) is 7.25. The molecule has 0 heterocycles. The molecule has 0 aliphatic heterocycles. The number of nitrogens with one attached hydrogen (secondary N) is 1. The first-order valence-corrected chi connectivity index (χ1v) is 5.78. The van der Waals surface area contributed by atoms with Crippen LogP contribution in [-0.4, -0.2) is 31.5 Å². The van der Waals surface area contributed by atoms with Gasteiger partial charge in [0.15, 0.2) is 0 Å². The Morgan fingerprint density at radius 2 is 2.12 bits per heavy atom. The largest absolute Gasteiger partial charge is 0.383 e. The van der Waals surface area contributed by atoms with Gasteiger partial charge in [0.05, 0.1) is 19.1 Å². The Balaban J connectivity index is 2.46. The molecule has 0 aromatic heterocycles. The summed E-state index contributed by atoms with van der Waals surface area (Å²) >= 11 is 5.67. The van der Waals surface area contributed by atoms with Crippen LogP contribution in [0.2, 0.25) is 0 Å². The van der Waals surface area contributed by atoms with Gasteiger partial charge in [-0.2, -0.15) is 0 Å². The van der Waals surface area contributed by atoms with Crippen LogP contribution in [0.1, 0.15) is 5.56 Å². The van der Waals surface area contributed by atoms with Crippen LogP contribution in [0.3, 0.4) is 0 Å². The van der Waals surface area contributed by atoms with E-state index in [-0.39, 0.29) is 24.2 Å². The monoisotopic (exact) mass is 259 g/mol. The van der Waals surface area contributed by atoms with Gasteiger partial charge in [-0.05, 0) is 17.7 Å². The van der Waals surface area contributed by atoms with E-state index in [1.54, 1.807) is 19.2 Å². The van der Waals surface area contributed by atoms with Gasteiger partial charge in [0.2, 0.25) is 5.91 Å². The zero-order chi connectivity index (χ0) is 12.7. The number of halogens is 2. The van der Waals surface area contributed by atoms with Crippen molar-refractivity contribution in [3.63, 3.8) is 0 Å². The molecule has 1 N–H and O–H groups in total. The number of hydrogen-bond donors (Lipinski definition) is 1. The summed E-state index contributed by atoms with van der Waals surface area (Å²) in [5.41, 5.74) is 0.759. The molecule has 94 valence electrons. The van der Waals surface area contributed by atoms with Crippen LogP contribution in [0.25, 0.3) is 0 Å². The quantitative estimate of drug-likeness (QED) is 0.791. The Labute approximate surface area is 105 Å². The minimum atomic E-state index is -0.313. The summed E-state index contributed by atoms with van der Waals surface area (Å²) in [5.74, 6) is -0.172. The Morgan fingerprint density at radius 1 is 1.47 bits per heavy atom. The van der Waals surface area contributed by atoms with Crippen molar-refractivity contribution in [1.82, 2.24) is 5.32 Å². The normalized spacial score (nSPS) is 12.2. The summed E-state index contributed by atoms with van der Waals surface area (Å²) in [7, 11) is 1.55. The zero-order valence-corrected chi connectivity index (χ0v) is 10.3. The van der Waals surface area contributed by atoms with Crippen LogP contribution in [0, 0.1) is 5.82 Å². The van der Waals surface area contributed by atoms with Gasteiger partial charge < -0.3 is 10.1 Å². The maximum atomic E-state index is 12.7. The fraction of sp³-hybridized carbons (Fsp3) is 0.417. The number of carbonyl (C=O) groups is 1. The molecule has 0 fully saturated rings. The molecule has 17 heavy (non-hydrogen) atoms. The van der Waals surface area contributed by atoms with E-state index < -0.39 is 0 Å². The number of benzene rings is 1. The number of carbonyl (C=O) groups excluding carboxylic acids is 1. The van der Waals surface area contributed by atoms with Crippen molar-refractivity contribution < 1.29 is 13.9 Å². The summed E-state index contributed by atoms with van der Waals surface area (Å²) in [4.78, 5) is 11.6. The summed E-state index contributed by atoms with van der Waals surface area (Å²) in [5, 5.41) is 2.74. The van der Waals surface area contributed by atoms with Crippen LogP contribution < -0.4 is 5.32 Å². The Kier molecular flexibility index (Phi) is 5.94. The SMILES string of the molecule is COCC(CCl)NC(=O)Cc1ccc(F)cc1. The highest BCUT2D eigenvalue weighted by Crippen LogP contribution is 2.03. The first-order chi connectivity index (χ1) is 8.15. The lowest BCUT2D eigenvalue weighted by Crippen LogP contribution is -2.40. The molecular weight excluding hydrogens is 245 g/mol. The number of rotatable bonds is 6. The fourth-order valence-electron chi connectivity index (χ4n) is 1.39. The average Bonchev–Trinajstić information content (AvgIpc) is 2.31. The van der Waals surface area contributed by atoms with E-state index in [0.717, 1.165) is 5.56 Å². The standard InChI is InChI=1S/C12H15ClFNO2/c1-17-8-11(7-13)15-12(16)6-9-2-4-10(14)5-3-9/h2-5,11H,6-8H2,1H3,(H,15,16). The molecule has 5 heteroatoms. The second-order valence-corrected chi connectivity index (χ2v) is 3.99. The molecule has 0 bridgehead atoms. The zero-order valence-electron chi connectivity index (χ0n) is 9.58. The highest BCUT2D eigenvalue weighted by Gasteiger charge is 2.11. The molecule has 3 nitrogen and oxygen atoms in total. The molecular formula is C12H15ClFNO2. The van der Waals surface area contributed by atoms with Crippen LogP contribution in [0.4, 0.5) is 4.39 Å². The van der Waals surface area contributed by atoms with E-state index >= 15 is 0 Å². The van der Waals surface area contributed by atoms with Gasteiger partial charge in [-0.15, -0.1) is 11.6 Å². The summed E-state index contributed by atoms with van der Waals surface area (Å²) < 4.78 is 17.6. The van der Waals surface area contributed by atoms with E-state index in [0.29, 0.717) is 12.5 Å². The van der Waals surface area contributed by atoms with E-state index in [2.05, 4.69) is 5.32 Å². The van der Waals surface area contributed by atoms with Crippen molar-refractivity contribution in [2.75, 3.05) is 19.6 Å². The van der Waals surface area contributed by atoms with Crippen LogP contribution in [0.15, 0.2) is 24.3 Å². The van der Waals surface area contributed by atoms with Gasteiger partial charge in [0.1, 0.15) is 5.82 Å². The number of alkyl halides is 1. The summed E-state index contributed by atoms with van der Waals surface area (Å²) in [6.07, 6.45) is 0.206. The van der Waals surface area contributed by atoms with Crippen molar-refractivity contribution in [2.24, 2.45) is 0 Å². The smallest absolute Gasteiger partial charge is 0.224 e. The minimum Gasteiger partial charge on any atom is -0.383 e. The molecule has 1 amide bonds. The Bertz CT molecular complexity index is 356. The van der Waals surface area contributed by atoms with Gasteiger partial charge in [-0.3, -0.25) is 4.79 Å². The third kappa shape index (κ3) is 5.15. The van der Waals surface area contributed by atoms with Crippen molar-refractivity contribution in [1.29, 1.82) is 0 Å². The molecule has 0 aliphatic carbocycles. The van der Waals surface area contributed by atoms with E-state index in [4.69, 9.17) is 16.3 Å². The third-order valence-corrected chi connectivity index (χ3v) is 2.57. The molecule has 0 radical (unpaired) electrons. The topological polar surface area (TPSA) is 38.3 Å². The highest BCUT2D eigenvalue weighted by atomic mass is 35.5. The van der Waals surface area contributed by atoms with E-state index in [9.17, 15) is 9.18 Å². The molecule has 1 unspecified atom stereocenters. The molecule has 1 atom stereocenters. The third-order valence-electron chi connectivity index (χ3n) is 2.20. The van der Waals surface area contributed by atoms with Crippen LogP contribution in [0.5, 0.6) is 0 Å². The molecule has 0 spiro atoms. The van der Waals surface area contributed by atoms with E-state index in [1.807, 2.05) is 0 Å². The summed E-state index contributed by atoms with van der Waals surface area (Å²) in [6, 6.07) is 5.63. The molecule has 0 aliphatic rings. The van der Waals surface area contributed by atoms with Crippen molar-refractivity contribution >= 4 is 17.5 Å². The maximum Gasteiger partial charge on any atom is 0.224 e. The number of ether oxygens (including phenoxy) is 1. The first kappa shape index (κ1) is 13.9. The Morgan fingerprint density at radius 3 is 2.65 bits per heavy atom. The molecule has 1 aromatic carbocycles. The van der Waals surface area contributed by atoms with Crippen LogP contribution in [-0.2, 0) is 16.0 Å². The van der Waals surface area contributed by atoms with Gasteiger partial charge in [0.25, 0.3) is 0 Å². The van der Waals surface area contributed by atoms with Crippen molar-refractivity contribution in [3.8, 4) is 0 Å². The fourth-order valence-corrected chi connectivity index (χ4v) is 1.56. The lowest BCUT2D eigenvalue weighted by atomic mass is 10.1. The molecule has 1 rings (SSSR count). The first-order valence-electron chi connectivity index (χ1n) is 5.24. The van der Waals surface area contributed by atoms with Crippen molar-refractivity contribution in [3.05, 3.63) is 35.6 Å². The minimum absolute atomic E-state index is 0.153. The lowest BCUT2D eigenvalue weighted by Gasteiger charge is -2.14. The maximum absolute atomic E-state index is 12.7. The van der Waals surface area contributed by atoms with Gasteiger partial charge in [0, 0.05) is 13.0 Å². The van der Waals surface area contributed by atoms with Gasteiger partial charge >= 0.3 is 0 Å². The van der Waals surface area contributed by atoms with Gasteiger partial charge in [-0.25, -0.2) is 4.39 Å². The Hall–Kier alpha value is -1.13. The molecule has 0 saturated carbocycles. The molecule has 0 saturated heterocycles. The lowest BCUT2D eigenvalue weighted by molar-refractivity contribution is -0.121. The van der Waals surface area contributed by atoms with E-state index in [1.165, 1.54) is 12.1 Å². The number of amides is 1. The van der Waals surface area contributed by atoms with Crippen molar-refractivity contribution in [2.45, 2.75) is 12.5 Å². The van der Waals surface area contributed by atoms with Gasteiger partial charge in [-0.1, -0.05) is 12.1 Å². The number of hydrogen-bond acceptors (Lipinski definition) is 2. The summed E-state index contributed by atoms with van der Waals surface area (Å²) in [6.45, 7) is 0.374. The van der Waals surface area contributed by atoms with Crippen LogP contribution >= 0.6 is 11.6 Å². The predicted molar refractivity (Wildman–Crippen MR) is 64.6 cm³/mol. The number of methoxy groups -OCH3 is 1.